The van der Waals surface area contributed by atoms with Crippen LogP contribution in [0.25, 0.3) is 0 Å². The van der Waals surface area contributed by atoms with Gasteiger partial charge in [0.25, 0.3) is 15.7 Å². The van der Waals surface area contributed by atoms with Crippen molar-refractivity contribution in [2.45, 2.75) is 11.4 Å². The number of rotatable bonds is 3. The Morgan fingerprint density at radius 3 is 2.65 bits per heavy atom. The van der Waals surface area contributed by atoms with Crippen LogP contribution in [0.3, 0.4) is 0 Å². The maximum absolute atomic E-state index is 11.3. The molecule has 0 aliphatic carbocycles. The Bertz CT molecular complexity index is 684. The lowest BCUT2D eigenvalue weighted by Gasteiger charge is -2.03. The van der Waals surface area contributed by atoms with E-state index < -0.39 is 10.1 Å². The van der Waals surface area contributed by atoms with Gasteiger partial charge in [-0.1, -0.05) is 12.1 Å². The smallest absolute Gasteiger partial charge is 0.294 e. The van der Waals surface area contributed by atoms with Gasteiger partial charge in [0.1, 0.15) is 0 Å². The first-order valence-corrected chi connectivity index (χ1v) is 6.21. The van der Waals surface area contributed by atoms with Crippen LogP contribution in [0.2, 0.25) is 0 Å². The fourth-order valence-corrected chi connectivity index (χ4v) is 2.01. The monoisotopic (exact) mass is 254 g/mol. The molecular formula is C10H10N2O4S. The predicted octanol–water partition coefficient (Wildman–Crippen LogP) is 0.471. The van der Waals surface area contributed by atoms with Gasteiger partial charge >= 0.3 is 0 Å². The maximum Gasteiger partial charge on any atom is 0.294 e. The fourth-order valence-electron chi connectivity index (χ4n) is 1.46. The summed E-state index contributed by atoms with van der Waals surface area (Å²) in [6.07, 6.45) is 1.50. The molecule has 0 bridgehead atoms. The molecule has 2 N–H and O–H groups in total. The van der Waals surface area contributed by atoms with Crippen molar-refractivity contribution in [3.8, 4) is 0 Å². The zero-order chi connectivity index (χ0) is 12.5. The Morgan fingerprint density at radius 2 is 2.06 bits per heavy atom. The molecule has 0 radical (unpaired) electrons. The molecule has 0 atom stereocenters. The fraction of sp³-hybridized carbons (Fsp3) is 0.100. The number of hydrogen-bond donors (Lipinski definition) is 2. The molecule has 0 spiro atoms. The van der Waals surface area contributed by atoms with E-state index in [0.29, 0.717) is 5.56 Å². The van der Waals surface area contributed by atoms with Crippen LogP contribution in [-0.2, 0) is 16.7 Å². The molecule has 6 nitrogen and oxygen atoms in total. The highest BCUT2D eigenvalue weighted by Crippen LogP contribution is 2.11. The van der Waals surface area contributed by atoms with Crippen molar-refractivity contribution in [2.24, 2.45) is 0 Å². The molecule has 0 aliphatic heterocycles. The van der Waals surface area contributed by atoms with Crippen LogP contribution in [0.5, 0.6) is 0 Å². The predicted molar refractivity (Wildman–Crippen MR) is 60.4 cm³/mol. The molecule has 0 saturated heterocycles. The quantitative estimate of drug-likeness (QED) is 0.779. The summed E-state index contributed by atoms with van der Waals surface area (Å²) >= 11 is 0. The number of nitrogens with zero attached hydrogens (tertiary/aromatic N) is 1. The summed E-state index contributed by atoms with van der Waals surface area (Å²) < 4.78 is 32.1. The highest BCUT2D eigenvalue weighted by Gasteiger charge is 2.09. The molecule has 1 aromatic heterocycles. The minimum atomic E-state index is -4.21. The third kappa shape index (κ3) is 2.63. The molecule has 7 heteroatoms. The van der Waals surface area contributed by atoms with Gasteiger partial charge in [0.15, 0.2) is 0 Å². The first-order chi connectivity index (χ1) is 7.97. The molecule has 0 saturated carbocycles. The molecule has 0 fully saturated rings. The van der Waals surface area contributed by atoms with Crippen molar-refractivity contribution in [2.75, 3.05) is 0 Å². The van der Waals surface area contributed by atoms with Gasteiger partial charge in [0, 0.05) is 12.3 Å². The Morgan fingerprint density at radius 1 is 1.29 bits per heavy atom. The molecule has 0 aliphatic rings. The Kier molecular flexibility index (Phi) is 2.86. The van der Waals surface area contributed by atoms with Crippen molar-refractivity contribution in [3.63, 3.8) is 0 Å². The highest BCUT2D eigenvalue weighted by atomic mass is 32.2. The van der Waals surface area contributed by atoms with E-state index in [1.165, 1.54) is 35.1 Å². The standard InChI is InChI=1S/C10H10N2O4S/c13-10-4-5-11-12(10)7-8-2-1-3-9(6-8)17(14,15)16/h1-6,11H,7H2,(H,14,15,16). The van der Waals surface area contributed by atoms with Crippen molar-refractivity contribution in [1.82, 2.24) is 9.78 Å². The first kappa shape index (κ1) is 11.6. The number of nitrogens with one attached hydrogen (secondary N) is 1. The molecule has 90 valence electrons. The third-order valence-corrected chi connectivity index (χ3v) is 3.11. The first-order valence-electron chi connectivity index (χ1n) is 4.77. The Labute approximate surface area is 97.3 Å². The minimum Gasteiger partial charge on any atom is -0.303 e. The van der Waals surface area contributed by atoms with Crippen LogP contribution in [0.15, 0.2) is 46.2 Å². The number of hydrogen-bond acceptors (Lipinski definition) is 3. The van der Waals surface area contributed by atoms with E-state index >= 15 is 0 Å². The lowest BCUT2D eigenvalue weighted by molar-refractivity contribution is 0.483. The summed E-state index contributed by atoms with van der Waals surface area (Å²) in [5.74, 6) is 0. The van der Waals surface area contributed by atoms with Gasteiger partial charge in [-0.15, -0.1) is 0 Å². The summed E-state index contributed by atoms with van der Waals surface area (Å²) in [6.45, 7) is 0.217. The van der Waals surface area contributed by atoms with Crippen LogP contribution < -0.4 is 5.56 Å². The van der Waals surface area contributed by atoms with Gasteiger partial charge in [-0.3, -0.25) is 9.35 Å². The van der Waals surface area contributed by atoms with Crippen molar-refractivity contribution >= 4 is 10.1 Å². The summed E-state index contributed by atoms with van der Waals surface area (Å²) in [7, 11) is -4.21. The number of aromatic amines is 1. The second-order valence-electron chi connectivity index (χ2n) is 3.51. The topological polar surface area (TPSA) is 92.2 Å². The van der Waals surface area contributed by atoms with E-state index in [-0.39, 0.29) is 17.0 Å². The summed E-state index contributed by atoms with van der Waals surface area (Å²) in [6, 6.07) is 7.15. The van der Waals surface area contributed by atoms with E-state index in [9.17, 15) is 13.2 Å². The van der Waals surface area contributed by atoms with Gasteiger partial charge in [-0.2, -0.15) is 8.42 Å². The minimum absolute atomic E-state index is 0.186. The van der Waals surface area contributed by atoms with Gasteiger partial charge in [-0.25, -0.2) is 4.68 Å². The molecular weight excluding hydrogens is 244 g/mol. The maximum atomic E-state index is 11.3. The van der Waals surface area contributed by atoms with Crippen molar-refractivity contribution in [1.29, 1.82) is 0 Å². The Balaban J connectivity index is 2.36. The lowest BCUT2D eigenvalue weighted by atomic mass is 10.2. The third-order valence-electron chi connectivity index (χ3n) is 2.26. The second kappa shape index (κ2) is 4.19. The zero-order valence-electron chi connectivity index (χ0n) is 8.70. The van der Waals surface area contributed by atoms with Crippen LogP contribution in [-0.4, -0.2) is 22.8 Å². The van der Waals surface area contributed by atoms with E-state index in [1.807, 2.05) is 0 Å². The average molecular weight is 254 g/mol. The number of aromatic nitrogens is 2. The lowest BCUT2D eigenvalue weighted by Crippen LogP contribution is -2.16. The average Bonchev–Trinajstić information content (AvgIpc) is 2.64. The number of benzene rings is 1. The SMILES string of the molecule is O=c1cc[nH]n1Cc1cccc(S(=O)(=O)O)c1. The molecule has 17 heavy (non-hydrogen) atoms. The second-order valence-corrected chi connectivity index (χ2v) is 4.93. The van der Waals surface area contributed by atoms with E-state index in [1.54, 1.807) is 6.07 Å². The zero-order valence-corrected chi connectivity index (χ0v) is 9.52. The van der Waals surface area contributed by atoms with Crippen molar-refractivity contribution in [3.05, 3.63) is 52.4 Å². The molecule has 2 aromatic rings. The Hall–Kier alpha value is -1.86. The molecule has 1 aromatic carbocycles. The van der Waals surface area contributed by atoms with Crippen LogP contribution in [0, 0.1) is 0 Å². The van der Waals surface area contributed by atoms with Gasteiger partial charge < -0.3 is 5.10 Å². The highest BCUT2D eigenvalue weighted by molar-refractivity contribution is 7.85. The molecule has 1 heterocycles. The number of H-pyrrole nitrogens is 1. The van der Waals surface area contributed by atoms with Gasteiger partial charge in [0.2, 0.25) is 0 Å². The van der Waals surface area contributed by atoms with Gasteiger partial charge in [0.05, 0.1) is 11.4 Å². The van der Waals surface area contributed by atoms with E-state index in [4.69, 9.17) is 4.55 Å². The molecule has 0 amide bonds. The van der Waals surface area contributed by atoms with Gasteiger partial charge in [-0.05, 0) is 17.7 Å². The van der Waals surface area contributed by atoms with Crippen LogP contribution >= 0.6 is 0 Å². The van der Waals surface area contributed by atoms with Crippen LogP contribution in [0.4, 0.5) is 0 Å². The normalized spacial score (nSPS) is 11.6. The molecule has 0 unspecified atom stereocenters. The summed E-state index contributed by atoms with van der Waals surface area (Å²) in [5, 5.41) is 2.70. The largest absolute Gasteiger partial charge is 0.303 e. The molecule has 2 rings (SSSR count). The van der Waals surface area contributed by atoms with E-state index in [0.717, 1.165) is 0 Å². The van der Waals surface area contributed by atoms with Crippen LogP contribution in [0.1, 0.15) is 5.56 Å². The summed E-state index contributed by atoms with van der Waals surface area (Å²) in [4.78, 5) is 11.1. The van der Waals surface area contributed by atoms with Crippen molar-refractivity contribution < 1.29 is 13.0 Å². The van der Waals surface area contributed by atoms with E-state index in [2.05, 4.69) is 5.10 Å². The summed E-state index contributed by atoms with van der Waals surface area (Å²) in [5.41, 5.74) is 0.395.